The van der Waals surface area contributed by atoms with Crippen LogP contribution in [-0.4, -0.2) is 44.3 Å². The largest absolute Gasteiger partial charge is 0.478 e. The van der Waals surface area contributed by atoms with Crippen molar-refractivity contribution in [1.29, 1.82) is 5.26 Å². The van der Waals surface area contributed by atoms with E-state index in [0.717, 1.165) is 0 Å². The van der Waals surface area contributed by atoms with Crippen molar-refractivity contribution in [3.63, 3.8) is 0 Å². The monoisotopic (exact) mass is 335 g/mol. The highest BCUT2D eigenvalue weighted by Gasteiger charge is 1.88. The summed E-state index contributed by atoms with van der Waals surface area (Å²) in [5.74, 6) is -5.03. The van der Waals surface area contributed by atoms with Crippen molar-refractivity contribution in [3.8, 4) is 6.07 Å². The fraction of sp³-hybridized carbons (Fsp3) is 0. The van der Waals surface area contributed by atoms with Crippen LogP contribution < -0.4 is 0 Å². The first kappa shape index (κ1) is 22.4. The molecule has 0 aliphatic heterocycles. The number of carbonyl (C=O) groups is 4. The first-order valence-electron chi connectivity index (χ1n) is 5.92. The summed E-state index contributed by atoms with van der Waals surface area (Å²) >= 11 is 0. The Hall–Kier alpha value is -3.93. The number of aliphatic carboxylic acids is 4. The summed E-state index contributed by atoms with van der Waals surface area (Å²) in [5.41, 5.74) is 0.715. The number of hydrogen-bond acceptors (Lipinski definition) is 5. The number of nitrogens with zero attached hydrogens (tertiary/aromatic N) is 1. The van der Waals surface area contributed by atoms with E-state index in [4.69, 9.17) is 25.7 Å². The molecule has 0 bridgehead atoms. The highest BCUT2D eigenvalue weighted by molar-refractivity contribution is 5.90. The van der Waals surface area contributed by atoms with Crippen molar-refractivity contribution >= 4 is 23.9 Å². The minimum atomic E-state index is -1.26. The van der Waals surface area contributed by atoms with Gasteiger partial charge in [0.1, 0.15) is 0 Å². The van der Waals surface area contributed by atoms with Crippen molar-refractivity contribution in [2.24, 2.45) is 0 Å². The second kappa shape index (κ2) is 14.0. The lowest BCUT2D eigenvalue weighted by molar-refractivity contribution is -0.134. The molecule has 0 unspecified atom stereocenters. The molecule has 0 saturated heterocycles. The standard InChI is InChI=1S/C7H5N.2C4H4O4/c8-6-7-4-2-1-3-5-7;2*5-3(6)1-2-4(7)8/h1-5H;2*1-2H,(H,5,6)(H,7,8)/b;2*2-1+. The summed E-state index contributed by atoms with van der Waals surface area (Å²) in [7, 11) is 0. The average Bonchev–Trinajstić information content (AvgIpc) is 2.53. The molecule has 0 saturated carbocycles. The maximum Gasteiger partial charge on any atom is 0.328 e. The van der Waals surface area contributed by atoms with E-state index in [1.54, 1.807) is 12.1 Å². The van der Waals surface area contributed by atoms with Gasteiger partial charge in [-0.05, 0) is 12.1 Å². The van der Waals surface area contributed by atoms with Gasteiger partial charge in [0.05, 0.1) is 11.6 Å². The Morgan fingerprint density at radius 3 is 1.17 bits per heavy atom. The quantitative estimate of drug-likeness (QED) is 0.585. The number of benzene rings is 1. The van der Waals surface area contributed by atoms with E-state index in [9.17, 15) is 19.2 Å². The predicted octanol–water partition coefficient (Wildman–Crippen LogP) is 0.982. The van der Waals surface area contributed by atoms with Crippen LogP contribution in [0, 0.1) is 11.3 Å². The molecule has 24 heavy (non-hydrogen) atoms. The Kier molecular flexibility index (Phi) is 13.1. The molecule has 126 valence electrons. The van der Waals surface area contributed by atoms with E-state index in [1.165, 1.54) is 0 Å². The fourth-order valence-corrected chi connectivity index (χ4v) is 0.798. The molecule has 0 aliphatic rings. The van der Waals surface area contributed by atoms with Crippen LogP contribution in [0.15, 0.2) is 54.6 Å². The zero-order chi connectivity index (χ0) is 19.0. The van der Waals surface area contributed by atoms with Gasteiger partial charge in [0.25, 0.3) is 0 Å². The van der Waals surface area contributed by atoms with Gasteiger partial charge in [0.15, 0.2) is 0 Å². The predicted molar refractivity (Wildman–Crippen MR) is 80.0 cm³/mol. The third-order valence-electron chi connectivity index (χ3n) is 1.64. The molecular weight excluding hydrogens is 322 g/mol. The van der Waals surface area contributed by atoms with Crippen LogP contribution in [-0.2, 0) is 19.2 Å². The molecule has 9 nitrogen and oxygen atoms in total. The molecule has 0 fully saturated rings. The van der Waals surface area contributed by atoms with E-state index >= 15 is 0 Å². The van der Waals surface area contributed by atoms with Crippen molar-refractivity contribution in [3.05, 3.63) is 60.2 Å². The summed E-state index contributed by atoms with van der Waals surface area (Å²) in [6.07, 6.45) is 2.23. The van der Waals surface area contributed by atoms with Gasteiger partial charge in [-0.25, -0.2) is 19.2 Å². The summed E-state index contributed by atoms with van der Waals surface area (Å²) in [6, 6.07) is 11.2. The topological polar surface area (TPSA) is 173 Å². The van der Waals surface area contributed by atoms with Crippen molar-refractivity contribution < 1.29 is 39.6 Å². The normalized spacial score (nSPS) is 8.96. The molecule has 1 aromatic carbocycles. The molecule has 0 heterocycles. The molecular formula is C15H13NO8. The molecule has 4 N–H and O–H groups in total. The molecule has 1 aromatic rings. The van der Waals surface area contributed by atoms with E-state index in [1.807, 2.05) is 24.3 Å². The lowest BCUT2D eigenvalue weighted by Crippen LogP contribution is -1.91. The molecule has 0 aromatic heterocycles. The average molecular weight is 335 g/mol. The maximum atomic E-state index is 9.55. The van der Waals surface area contributed by atoms with Gasteiger partial charge in [-0.3, -0.25) is 0 Å². The van der Waals surface area contributed by atoms with Gasteiger partial charge in [-0.1, -0.05) is 18.2 Å². The maximum absolute atomic E-state index is 9.55. The number of rotatable bonds is 4. The SMILES string of the molecule is N#Cc1ccccc1.O=C(O)/C=C/C(=O)O.O=C(O)/C=C/C(=O)O. The van der Waals surface area contributed by atoms with Gasteiger partial charge in [0.2, 0.25) is 0 Å². The van der Waals surface area contributed by atoms with Gasteiger partial charge in [-0.2, -0.15) is 5.26 Å². The number of hydrogen-bond donors (Lipinski definition) is 4. The summed E-state index contributed by atoms with van der Waals surface area (Å²) in [5, 5.41) is 39.5. The highest BCUT2D eigenvalue weighted by Crippen LogP contribution is 1.93. The van der Waals surface area contributed by atoms with Crippen molar-refractivity contribution in [2.45, 2.75) is 0 Å². The van der Waals surface area contributed by atoms with Crippen LogP contribution in [0.1, 0.15) is 5.56 Å². The van der Waals surface area contributed by atoms with Gasteiger partial charge in [0, 0.05) is 24.3 Å². The summed E-state index contributed by atoms with van der Waals surface area (Å²) < 4.78 is 0. The number of carboxylic acids is 4. The van der Waals surface area contributed by atoms with E-state index < -0.39 is 23.9 Å². The Balaban J connectivity index is 0. The molecule has 0 spiro atoms. The van der Waals surface area contributed by atoms with Crippen molar-refractivity contribution in [2.75, 3.05) is 0 Å². The Morgan fingerprint density at radius 2 is 1.00 bits per heavy atom. The van der Waals surface area contributed by atoms with Crippen LogP contribution in [0.5, 0.6) is 0 Å². The van der Waals surface area contributed by atoms with Crippen molar-refractivity contribution in [1.82, 2.24) is 0 Å². The lowest BCUT2D eigenvalue weighted by Gasteiger charge is -1.80. The van der Waals surface area contributed by atoms with Crippen LogP contribution in [0.25, 0.3) is 0 Å². The molecule has 0 aliphatic carbocycles. The lowest BCUT2D eigenvalue weighted by atomic mass is 10.2. The molecule has 0 atom stereocenters. The number of nitriles is 1. The molecule has 9 heteroatoms. The van der Waals surface area contributed by atoms with E-state index in [2.05, 4.69) is 0 Å². The minimum Gasteiger partial charge on any atom is -0.478 e. The van der Waals surface area contributed by atoms with Gasteiger partial charge < -0.3 is 20.4 Å². The van der Waals surface area contributed by atoms with Crippen LogP contribution >= 0.6 is 0 Å². The zero-order valence-corrected chi connectivity index (χ0v) is 12.1. The Bertz CT molecular complexity index is 590. The van der Waals surface area contributed by atoms with Gasteiger partial charge >= 0.3 is 23.9 Å². The summed E-state index contributed by atoms with van der Waals surface area (Å²) in [4.78, 5) is 38.2. The van der Waals surface area contributed by atoms with Gasteiger partial charge in [-0.15, -0.1) is 0 Å². The van der Waals surface area contributed by atoms with Crippen LogP contribution in [0.2, 0.25) is 0 Å². The molecule has 0 radical (unpaired) electrons. The number of carboxylic acid groups (broad SMARTS) is 4. The van der Waals surface area contributed by atoms with E-state index in [0.29, 0.717) is 29.9 Å². The highest BCUT2D eigenvalue weighted by atomic mass is 16.4. The molecule has 0 amide bonds. The first-order valence-corrected chi connectivity index (χ1v) is 5.92. The summed E-state index contributed by atoms with van der Waals surface area (Å²) in [6.45, 7) is 0. The Morgan fingerprint density at radius 1 is 0.708 bits per heavy atom. The zero-order valence-electron chi connectivity index (χ0n) is 12.1. The van der Waals surface area contributed by atoms with Crippen LogP contribution in [0.3, 0.4) is 0 Å². The Labute approximate surface area is 136 Å². The minimum absolute atomic E-state index is 0.558. The second-order valence-corrected chi connectivity index (χ2v) is 3.50. The van der Waals surface area contributed by atoms with Crippen LogP contribution in [0.4, 0.5) is 0 Å². The third kappa shape index (κ3) is 20.4. The second-order valence-electron chi connectivity index (χ2n) is 3.50. The first-order chi connectivity index (χ1) is 11.2. The molecule has 1 rings (SSSR count). The fourth-order valence-electron chi connectivity index (χ4n) is 0.798. The smallest absolute Gasteiger partial charge is 0.328 e. The third-order valence-corrected chi connectivity index (χ3v) is 1.64. The van der Waals surface area contributed by atoms with E-state index in [-0.39, 0.29) is 0 Å².